The van der Waals surface area contributed by atoms with E-state index in [0.29, 0.717) is 17.3 Å². The van der Waals surface area contributed by atoms with Crippen molar-refractivity contribution < 1.29 is 23.7 Å². The summed E-state index contributed by atoms with van der Waals surface area (Å²) in [4.78, 5) is 14.3. The van der Waals surface area contributed by atoms with Crippen LogP contribution in [0.4, 0.5) is 5.69 Å². The number of anilines is 1. The molecule has 2 aromatic carbocycles. The summed E-state index contributed by atoms with van der Waals surface area (Å²) in [7, 11) is 3.24. The van der Waals surface area contributed by atoms with E-state index in [1.807, 2.05) is 36.4 Å². The first-order chi connectivity index (χ1) is 12.2. The highest BCUT2D eigenvalue weighted by molar-refractivity contribution is 8.00. The predicted molar refractivity (Wildman–Crippen MR) is 94.8 cm³/mol. The van der Waals surface area contributed by atoms with Crippen molar-refractivity contribution in [3.63, 3.8) is 0 Å². The number of thioether (sulfide) groups is 1. The highest BCUT2D eigenvalue weighted by Crippen LogP contribution is 2.47. The third-order valence-electron chi connectivity index (χ3n) is 4.21. The number of hydrogen-bond donors (Lipinski definition) is 0. The lowest BCUT2D eigenvalue weighted by Gasteiger charge is -2.26. The van der Waals surface area contributed by atoms with Gasteiger partial charge >= 0.3 is 0 Å². The van der Waals surface area contributed by atoms with E-state index in [2.05, 4.69) is 0 Å². The number of fused-ring (bicyclic) bond motifs is 1. The summed E-state index contributed by atoms with van der Waals surface area (Å²) in [5, 5.41) is -0.196. The minimum absolute atomic E-state index is 0.0405. The number of hydrogen-bond acceptors (Lipinski definition) is 6. The Bertz CT molecular complexity index is 825. The molecular weight excluding hydrogens is 342 g/mol. The number of rotatable bonds is 4. The monoisotopic (exact) mass is 359 g/mol. The maximum Gasteiger partial charge on any atom is 0.238 e. The molecule has 0 aliphatic carbocycles. The summed E-state index contributed by atoms with van der Waals surface area (Å²) in [5.74, 6) is 3.23. The number of ether oxygens (including phenoxy) is 4. The van der Waals surface area contributed by atoms with Crippen LogP contribution in [-0.2, 0) is 4.79 Å². The molecule has 1 fully saturated rings. The van der Waals surface area contributed by atoms with E-state index in [1.54, 1.807) is 30.9 Å². The molecule has 4 rings (SSSR count). The van der Waals surface area contributed by atoms with Gasteiger partial charge in [-0.1, -0.05) is 0 Å². The Morgan fingerprint density at radius 3 is 2.72 bits per heavy atom. The smallest absolute Gasteiger partial charge is 0.238 e. The van der Waals surface area contributed by atoms with Gasteiger partial charge in [0.25, 0.3) is 0 Å². The molecule has 0 saturated carbocycles. The van der Waals surface area contributed by atoms with Crippen molar-refractivity contribution in [2.75, 3.05) is 31.7 Å². The van der Waals surface area contributed by atoms with Crippen molar-refractivity contribution in [1.82, 2.24) is 0 Å². The molecular formula is C18H17NO5S. The molecule has 0 spiro atoms. The van der Waals surface area contributed by atoms with Crippen LogP contribution in [0, 0.1) is 0 Å². The Balaban J connectivity index is 1.76. The van der Waals surface area contributed by atoms with Crippen LogP contribution in [0.15, 0.2) is 36.4 Å². The fraction of sp³-hybridized carbons (Fsp3) is 0.278. The van der Waals surface area contributed by atoms with E-state index in [1.165, 1.54) is 0 Å². The average Bonchev–Trinajstić information content (AvgIpc) is 3.26. The minimum atomic E-state index is -0.196. The Labute approximate surface area is 149 Å². The van der Waals surface area contributed by atoms with Crippen LogP contribution in [0.2, 0.25) is 0 Å². The minimum Gasteiger partial charge on any atom is -0.497 e. The molecule has 0 N–H and O–H groups in total. The van der Waals surface area contributed by atoms with E-state index in [4.69, 9.17) is 18.9 Å². The molecule has 0 bridgehead atoms. The van der Waals surface area contributed by atoms with Crippen LogP contribution >= 0.6 is 11.8 Å². The summed E-state index contributed by atoms with van der Waals surface area (Å²) in [5.41, 5.74) is 1.67. The van der Waals surface area contributed by atoms with E-state index >= 15 is 0 Å². The lowest BCUT2D eigenvalue weighted by Crippen LogP contribution is -2.28. The highest BCUT2D eigenvalue weighted by atomic mass is 32.2. The van der Waals surface area contributed by atoms with Crippen LogP contribution < -0.4 is 23.8 Å². The van der Waals surface area contributed by atoms with E-state index in [9.17, 15) is 4.79 Å². The molecule has 2 aromatic rings. The second kappa shape index (κ2) is 6.40. The van der Waals surface area contributed by atoms with Gasteiger partial charge in [-0.05, 0) is 30.3 Å². The molecule has 6 nitrogen and oxygen atoms in total. The first kappa shape index (κ1) is 16.0. The molecule has 2 heterocycles. The molecule has 25 heavy (non-hydrogen) atoms. The fourth-order valence-corrected chi connectivity index (χ4v) is 4.19. The Kier molecular flexibility index (Phi) is 4.09. The molecule has 1 amide bonds. The first-order valence-corrected chi connectivity index (χ1v) is 8.81. The second-order valence-electron chi connectivity index (χ2n) is 5.57. The van der Waals surface area contributed by atoms with Crippen molar-refractivity contribution in [2.24, 2.45) is 0 Å². The quantitative estimate of drug-likeness (QED) is 0.836. The van der Waals surface area contributed by atoms with Crippen molar-refractivity contribution in [2.45, 2.75) is 5.37 Å². The zero-order valence-electron chi connectivity index (χ0n) is 13.9. The SMILES string of the molecule is COc1ccc(OC)c(C2SCC(=O)N2c2ccc3c(c2)OCO3)c1. The zero-order valence-corrected chi connectivity index (χ0v) is 14.7. The van der Waals surface area contributed by atoms with Gasteiger partial charge in [-0.15, -0.1) is 11.8 Å². The van der Waals surface area contributed by atoms with E-state index in [0.717, 1.165) is 22.7 Å². The molecule has 7 heteroatoms. The number of benzene rings is 2. The van der Waals surface area contributed by atoms with Crippen molar-refractivity contribution in [1.29, 1.82) is 0 Å². The topological polar surface area (TPSA) is 57.2 Å². The normalized spacial score (nSPS) is 18.6. The maximum absolute atomic E-state index is 12.6. The third kappa shape index (κ3) is 2.74. The van der Waals surface area contributed by atoms with Crippen LogP contribution in [0.3, 0.4) is 0 Å². The van der Waals surface area contributed by atoms with Crippen LogP contribution in [0.5, 0.6) is 23.0 Å². The Morgan fingerprint density at radius 1 is 1.08 bits per heavy atom. The number of methoxy groups -OCH3 is 2. The molecule has 1 atom stereocenters. The van der Waals surface area contributed by atoms with Crippen molar-refractivity contribution >= 4 is 23.4 Å². The Morgan fingerprint density at radius 2 is 1.92 bits per heavy atom. The average molecular weight is 359 g/mol. The lowest BCUT2D eigenvalue weighted by atomic mass is 10.1. The Hall–Kier alpha value is -2.54. The van der Waals surface area contributed by atoms with Crippen molar-refractivity contribution in [3.8, 4) is 23.0 Å². The van der Waals surface area contributed by atoms with Gasteiger partial charge in [0.1, 0.15) is 16.9 Å². The van der Waals surface area contributed by atoms with E-state index in [-0.39, 0.29) is 18.1 Å². The number of carbonyl (C=O) groups excluding carboxylic acids is 1. The maximum atomic E-state index is 12.6. The van der Waals surface area contributed by atoms with Crippen LogP contribution in [0.25, 0.3) is 0 Å². The molecule has 2 aliphatic rings. The molecule has 130 valence electrons. The summed E-state index contributed by atoms with van der Waals surface area (Å²) in [6.07, 6.45) is 0. The number of amides is 1. The highest BCUT2D eigenvalue weighted by Gasteiger charge is 2.36. The number of carbonyl (C=O) groups is 1. The molecule has 1 unspecified atom stereocenters. The zero-order chi connectivity index (χ0) is 17.4. The summed E-state index contributed by atoms with van der Waals surface area (Å²) in [6.45, 7) is 0.203. The van der Waals surface area contributed by atoms with Crippen molar-refractivity contribution in [3.05, 3.63) is 42.0 Å². The van der Waals surface area contributed by atoms with Gasteiger partial charge < -0.3 is 18.9 Å². The summed E-state index contributed by atoms with van der Waals surface area (Å²) < 4.78 is 21.6. The van der Waals surface area contributed by atoms with Gasteiger partial charge in [-0.25, -0.2) is 0 Å². The van der Waals surface area contributed by atoms with Gasteiger partial charge in [0.05, 0.1) is 20.0 Å². The molecule has 1 saturated heterocycles. The molecule has 0 radical (unpaired) electrons. The van der Waals surface area contributed by atoms with Crippen LogP contribution in [-0.4, -0.2) is 32.7 Å². The van der Waals surface area contributed by atoms with Gasteiger partial charge in [-0.3, -0.25) is 9.69 Å². The van der Waals surface area contributed by atoms with Gasteiger partial charge in [0, 0.05) is 17.3 Å². The largest absolute Gasteiger partial charge is 0.497 e. The second-order valence-corrected chi connectivity index (χ2v) is 6.64. The van der Waals surface area contributed by atoms with Gasteiger partial charge in [0.15, 0.2) is 11.5 Å². The lowest BCUT2D eigenvalue weighted by molar-refractivity contribution is -0.115. The number of nitrogens with zero attached hydrogens (tertiary/aromatic N) is 1. The summed E-state index contributed by atoms with van der Waals surface area (Å²) >= 11 is 1.56. The van der Waals surface area contributed by atoms with Gasteiger partial charge in [-0.2, -0.15) is 0 Å². The molecule has 0 aromatic heterocycles. The predicted octanol–water partition coefficient (Wildman–Crippen LogP) is 3.21. The first-order valence-electron chi connectivity index (χ1n) is 7.76. The summed E-state index contributed by atoms with van der Waals surface area (Å²) in [6, 6.07) is 11.1. The molecule has 2 aliphatic heterocycles. The van der Waals surface area contributed by atoms with Crippen LogP contribution in [0.1, 0.15) is 10.9 Å². The van der Waals surface area contributed by atoms with E-state index < -0.39 is 0 Å². The fourth-order valence-electron chi connectivity index (χ4n) is 3.00. The standard InChI is InChI=1S/C18H17NO5S/c1-21-12-4-6-14(22-2)13(8-12)18-19(17(20)9-25-18)11-3-5-15-16(7-11)24-10-23-15/h3-8,18H,9-10H2,1-2H3. The van der Waals surface area contributed by atoms with Gasteiger partial charge in [0.2, 0.25) is 12.7 Å². The third-order valence-corrected chi connectivity index (χ3v) is 5.40.